The zero-order valence-electron chi connectivity index (χ0n) is 19.0. The van der Waals surface area contributed by atoms with Crippen molar-refractivity contribution in [1.29, 1.82) is 0 Å². The van der Waals surface area contributed by atoms with Gasteiger partial charge in [0.25, 0.3) is 5.69 Å². The molecule has 0 bridgehead atoms. The quantitative estimate of drug-likeness (QED) is 0.181. The Morgan fingerprint density at radius 3 is 2.30 bits per heavy atom. The Morgan fingerprint density at radius 1 is 0.946 bits per heavy atom. The first kappa shape index (κ1) is 23.6. The Hall–Kier alpha value is -3.82. The smallest absolute Gasteiger partial charge is 0.269 e. The fourth-order valence-electron chi connectivity index (χ4n) is 5.59. The number of nitro benzene ring substituents is 1. The second-order valence-electron chi connectivity index (χ2n) is 9.11. The minimum atomic E-state index is -0.946. The molecular weight excluding hydrogens is 562 g/mol. The van der Waals surface area contributed by atoms with Gasteiger partial charge in [0, 0.05) is 32.9 Å². The van der Waals surface area contributed by atoms with Crippen molar-refractivity contribution in [2.45, 2.75) is 12.1 Å². The van der Waals surface area contributed by atoms with Crippen LogP contribution in [0.2, 0.25) is 5.02 Å². The van der Waals surface area contributed by atoms with Crippen molar-refractivity contribution in [2.75, 3.05) is 9.80 Å². The van der Waals surface area contributed by atoms with E-state index in [0.717, 1.165) is 14.9 Å². The van der Waals surface area contributed by atoms with E-state index in [1.54, 1.807) is 36.4 Å². The van der Waals surface area contributed by atoms with Gasteiger partial charge < -0.3 is 4.90 Å². The molecule has 3 heterocycles. The van der Waals surface area contributed by atoms with Crippen molar-refractivity contribution >= 4 is 68.3 Å². The van der Waals surface area contributed by atoms with Gasteiger partial charge in [-0.1, -0.05) is 57.9 Å². The number of rotatable bonds is 4. The number of fused-ring (bicyclic) bond motifs is 5. The van der Waals surface area contributed by atoms with Gasteiger partial charge >= 0.3 is 0 Å². The van der Waals surface area contributed by atoms with E-state index in [1.807, 2.05) is 23.1 Å². The Kier molecular flexibility index (Phi) is 5.50. The Labute approximate surface area is 224 Å². The third-order valence-corrected chi connectivity index (χ3v) is 7.95. The molecule has 4 atom stereocenters. The molecule has 0 N–H and O–H groups in total. The van der Waals surface area contributed by atoms with Crippen LogP contribution < -0.4 is 9.80 Å². The molecule has 8 nitrogen and oxygen atoms in total. The van der Waals surface area contributed by atoms with E-state index in [1.165, 1.54) is 24.3 Å². The molecule has 2 fully saturated rings. The molecule has 2 saturated heterocycles. The van der Waals surface area contributed by atoms with Gasteiger partial charge in [0.2, 0.25) is 11.8 Å². The molecular formula is C27H17BrClN3O5. The van der Waals surface area contributed by atoms with Gasteiger partial charge in [0.05, 0.1) is 28.5 Å². The zero-order chi connectivity index (χ0) is 26.0. The lowest BCUT2D eigenvalue weighted by Gasteiger charge is -2.36. The van der Waals surface area contributed by atoms with Gasteiger partial charge in [-0.25, -0.2) is 4.90 Å². The summed E-state index contributed by atoms with van der Waals surface area (Å²) >= 11 is 9.69. The molecule has 6 rings (SSSR count). The summed E-state index contributed by atoms with van der Waals surface area (Å²) in [7, 11) is 0. The van der Waals surface area contributed by atoms with E-state index >= 15 is 0 Å². The van der Waals surface area contributed by atoms with Crippen LogP contribution in [-0.2, 0) is 9.59 Å². The molecule has 37 heavy (non-hydrogen) atoms. The van der Waals surface area contributed by atoms with E-state index in [4.69, 9.17) is 11.6 Å². The Morgan fingerprint density at radius 2 is 1.62 bits per heavy atom. The van der Waals surface area contributed by atoms with Gasteiger partial charge in [-0.15, -0.1) is 0 Å². The van der Waals surface area contributed by atoms with Crippen molar-refractivity contribution in [2.24, 2.45) is 11.8 Å². The minimum absolute atomic E-state index is 0.152. The number of hydrogen-bond donors (Lipinski definition) is 0. The molecule has 2 amide bonds. The topological polar surface area (TPSA) is 101 Å². The number of anilines is 2. The highest BCUT2D eigenvalue weighted by atomic mass is 79.9. The number of nitro groups is 1. The summed E-state index contributed by atoms with van der Waals surface area (Å²) in [6.07, 6.45) is 3.73. The number of Topliss-reactive ketones (excluding diaryl/α,β-unsaturated/α-hetero) is 1. The van der Waals surface area contributed by atoms with Gasteiger partial charge in [0.15, 0.2) is 5.78 Å². The lowest BCUT2D eigenvalue weighted by Crippen LogP contribution is -2.48. The summed E-state index contributed by atoms with van der Waals surface area (Å²) in [5, 5.41) is 11.5. The van der Waals surface area contributed by atoms with Gasteiger partial charge in [0.1, 0.15) is 6.04 Å². The first-order chi connectivity index (χ1) is 17.8. The van der Waals surface area contributed by atoms with Crippen molar-refractivity contribution in [1.82, 2.24) is 0 Å². The molecule has 0 unspecified atom stereocenters. The minimum Gasteiger partial charge on any atom is -0.352 e. The van der Waals surface area contributed by atoms with Crippen LogP contribution in [0.15, 0.2) is 77.3 Å². The summed E-state index contributed by atoms with van der Waals surface area (Å²) in [4.78, 5) is 55.1. The van der Waals surface area contributed by atoms with Gasteiger partial charge in [-0.2, -0.15) is 0 Å². The molecule has 10 heteroatoms. The van der Waals surface area contributed by atoms with E-state index < -0.39 is 40.7 Å². The Balaban J connectivity index is 1.47. The van der Waals surface area contributed by atoms with Crippen molar-refractivity contribution < 1.29 is 19.3 Å². The monoisotopic (exact) mass is 577 g/mol. The van der Waals surface area contributed by atoms with Gasteiger partial charge in [-0.3, -0.25) is 24.5 Å². The maximum absolute atomic E-state index is 14.0. The number of nitrogens with zero attached hydrogens (tertiary/aromatic N) is 3. The van der Waals surface area contributed by atoms with Crippen LogP contribution in [0, 0.1) is 22.0 Å². The largest absolute Gasteiger partial charge is 0.352 e. The lowest BCUT2D eigenvalue weighted by atomic mass is 9.86. The van der Waals surface area contributed by atoms with E-state index in [2.05, 4.69) is 15.9 Å². The van der Waals surface area contributed by atoms with Crippen LogP contribution >= 0.6 is 27.5 Å². The summed E-state index contributed by atoms with van der Waals surface area (Å²) < 4.78 is 0.806. The number of benzene rings is 3. The number of imide groups is 1. The summed E-state index contributed by atoms with van der Waals surface area (Å²) in [6, 6.07) is 16.0. The second-order valence-corrected chi connectivity index (χ2v) is 10.5. The number of halogens is 2. The number of carbonyl (C=O) groups is 3. The molecule has 0 saturated carbocycles. The molecule has 3 aromatic rings. The van der Waals surface area contributed by atoms with Crippen molar-refractivity contribution in [3.05, 3.63) is 104 Å². The normalized spacial score (nSPS) is 23.6. The average Bonchev–Trinajstić information content (AvgIpc) is 3.36. The standard InChI is InChI=1S/C27H17BrClN3O5/c28-16-5-1-15(2-6-16)25(33)24-23-22(20-12-4-14-3-7-17(29)13-21(14)31(20)24)26(34)30(27(23)35)18-8-10-19(11-9-18)32(36)37/h1-13,20,22-24H/t20-,22+,23+,24-/m0/s1. The Bertz CT molecular complexity index is 1520. The second kappa shape index (κ2) is 8.64. The predicted octanol–water partition coefficient (Wildman–Crippen LogP) is 5.28. The van der Waals surface area contributed by atoms with Crippen LogP contribution in [0.25, 0.3) is 6.08 Å². The van der Waals surface area contributed by atoms with E-state index in [-0.39, 0.29) is 17.2 Å². The highest BCUT2D eigenvalue weighted by molar-refractivity contribution is 9.10. The average molecular weight is 579 g/mol. The molecule has 3 aliphatic heterocycles. The van der Waals surface area contributed by atoms with Crippen LogP contribution in [0.5, 0.6) is 0 Å². The fraction of sp³-hybridized carbons (Fsp3) is 0.148. The SMILES string of the molecule is O=C(c1ccc(Br)cc1)[C@@H]1[C@@H]2C(=O)N(c3ccc([N+](=O)[O-])cc3)C(=O)[C@@H]2[C@@H]2C=Cc3ccc(Cl)cc3N12. The fourth-order valence-corrected chi connectivity index (χ4v) is 6.02. The first-order valence-electron chi connectivity index (χ1n) is 11.4. The van der Waals surface area contributed by atoms with Crippen LogP contribution in [0.1, 0.15) is 15.9 Å². The summed E-state index contributed by atoms with van der Waals surface area (Å²) in [5.74, 6) is -2.99. The summed E-state index contributed by atoms with van der Waals surface area (Å²) in [6.45, 7) is 0. The number of amides is 2. The third kappa shape index (κ3) is 3.60. The maximum atomic E-state index is 14.0. The van der Waals surface area contributed by atoms with Crippen molar-refractivity contribution in [3.63, 3.8) is 0 Å². The predicted molar refractivity (Wildman–Crippen MR) is 142 cm³/mol. The van der Waals surface area contributed by atoms with Gasteiger partial charge in [-0.05, 0) is 42.0 Å². The number of hydrogen-bond acceptors (Lipinski definition) is 6. The molecule has 0 aromatic heterocycles. The number of carbonyl (C=O) groups excluding carboxylic acids is 3. The zero-order valence-corrected chi connectivity index (χ0v) is 21.3. The highest BCUT2D eigenvalue weighted by Crippen LogP contribution is 2.50. The molecule has 3 aliphatic rings. The van der Waals surface area contributed by atoms with E-state index in [9.17, 15) is 24.5 Å². The highest BCUT2D eigenvalue weighted by Gasteiger charge is 2.64. The molecule has 0 radical (unpaired) electrons. The molecule has 184 valence electrons. The van der Waals surface area contributed by atoms with Crippen LogP contribution in [-0.4, -0.2) is 34.6 Å². The third-order valence-electron chi connectivity index (χ3n) is 7.19. The molecule has 0 aliphatic carbocycles. The maximum Gasteiger partial charge on any atom is 0.269 e. The lowest BCUT2D eigenvalue weighted by molar-refractivity contribution is -0.384. The number of non-ortho nitro benzene ring substituents is 1. The molecule has 3 aromatic carbocycles. The number of ketones is 1. The van der Waals surface area contributed by atoms with E-state index in [0.29, 0.717) is 16.3 Å². The van der Waals surface area contributed by atoms with Crippen LogP contribution in [0.3, 0.4) is 0 Å². The first-order valence-corrected chi connectivity index (χ1v) is 12.6. The van der Waals surface area contributed by atoms with Crippen molar-refractivity contribution in [3.8, 4) is 0 Å². The summed E-state index contributed by atoms with van der Waals surface area (Å²) in [5.41, 5.74) is 2.02. The molecule has 0 spiro atoms. The van der Waals surface area contributed by atoms with Crippen LogP contribution in [0.4, 0.5) is 17.1 Å².